The Labute approximate surface area is 102 Å². The summed E-state index contributed by atoms with van der Waals surface area (Å²) in [5, 5.41) is 0. The van der Waals surface area contributed by atoms with Crippen LogP contribution in [0.25, 0.3) is 0 Å². The Balaban J connectivity index is 3.87. The normalized spacial score (nSPS) is 20.0. The van der Waals surface area contributed by atoms with Crippen LogP contribution in [0.5, 0.6) is 0 Å². The summed E-state index contributed by atoms with van der Waals surface area (Å²) in [4.78, 5) is 0.0109. The smallest absolute Gasteiger partial charge is 0.0418 e. The molecule has 0 aromatic rings. The van der Waals surface area contributed by atoms with Gasteiger partial charge in [-0.3, -0.25) is 0 Å². The summed E-state index contributed by atoms with van der Waals surface area (Å²) >= 11 is 6.40. The lowest BCUT2D eigenvalue weighted by Gasteiger charge is -2.26. The van der Waals surface area contributed by atoms with Crippen molar-refractivity contribution in [1.29, 1.82) is 0 Å². The summed E-state index contributed by atoms with van der Waals surface area (Å²) in [6.45, 7) is 13.7. The quantitative estimate of drug-likeness (QED) is 0.509. The second-order valence-corrected chi connectivity index (χ2v) is 6.96. The average Bonchev–Trinajstić information content (AvgIpc) is 2.00. The van der Waals surface area contributed by atoms with Gasteiger partial charge >= 0.3 is 0 Å². The van der Waals surface area contributed by atoms with Gasteiger partial charge in [0, 0.05) is 4.87 Å². The zero-order valence-electron chi connectivity index (χ0n) is 11.4. The molecule has 0 bridgehead atoms. The zero-order valence-corrected chi connectivity index (χ0v) is 12.2. The van der Waals surface area contributed by atoms with Crippen LogP contribution in [0.2, 0.25) is 0 Å². The third kappa shape index (κ3) is 8.13. The van der Waals surface area contributed by atoms with Crippen molar-refractivity contribution in [3.05, 3.63) is 0 Å². The van der Waals surface area contributed by atoms with E-state index in [4.69, 9.17) is 11.6 Å². The minimum absolute atomic E-state index is 0.0109. The number of halogens is 1. The van der Waals surface area contributed by atoms with Crippen LogP contribution in [0.3, 0.4) is 0 Å². The Hall–Kier alpha value is 0.290. The van der Waals surface area contributed by atoms with E-state index in [1.165, 1.54) is 12.8 Å². The first kappa shape index (κ1) is 15.3. The molecular formula is C14H29Cl. The third-order valence-corrected chi connectivity index (χ3v) is 3.61. The van der Waals surface area contributed by atoms with E-state index in [0.717, 1.165) is 30.6 Å². The van der Waals surface area contributed by atoms with Crippen LogP contribution in [-0.2, 0) is 0 Å². The first-order valence-electron chi connectivity index (χ1n) is 6.45. The maximum Gasteiger partial charge on any atom is 0.0418 e. The van der Waals surface area contributed by atoms with Crippen LogP contribution in [0.1, 0.15) is 67.2 Å². The second kappa shape index (κ2) is 6.78. The fraction of sp³-hybridized carbons (Fsp3) is 1.00. The fourth-order valence-corrected chi connectivity index (χ4v) is 2.81. The molecule has 0 fully saturated rings. The van der Waals surface area contributed by atoms with Crippen LogP contribution < -0.4 is 0 Å². The molecule has 0 rings (SSSR count). The zero-order chi connectivity index (χ0) is 12.1. The standard InChI is InChI=1S/C14H29Cl/c1-7-14(6,15)10-13(5)9-12(4)8-11(2)3/h11-13H,7-10H2,1-6H3. The van der Waals surface area contributed by atoms with Gasteiger partial charge in [0.05, 0.1) is 0 Å². The fourth-order valence-electron chi connectivity index (χ4n) is 2.54. The van der Waals surface area contributed by atoms with Gasteiger partial charge in [-0.05, 0) is 50.4 Å². The van der Waals surface area contributed by atoms with E-state index in [-0.39, 0.29) is 4.87 Å². The van der Waals surface area contributed by atoms with E-state index < -0.39 is 0 Å². The van der Waals surface area contributed by atoms with Crippen molar-refractivity contribution in [2.24, 2.45) is 17.8 Å². The monoisotopic (exact) mass is 232 g/mol. The Morgan fingerprint density at radius 1 is 1.00 bits per heavy atom. The molecule has 0 N–H and O–H groups in total. The van der Waals surface area contributed by atoms with Gasteiger partial charge in [-0.1, -0.05) is 34.6 Å². The molecular weight excluding hydrogens is 204 g/mol. The molecule has 0 aromatic carbocycles. The van der Waals surface area contributed by atoms with E-state index in [1.807, 2.05) is 0 Å². The molecule has 0 saturated carbocycles. The SMILES string of the molecule is CCC(C)(Cl)CC(C)CC(C)CC(C)C. The lowest BCUT2D eigenvalue weighted by atomic mass is 9.85. The highest BCUT2D eigenvalue weighted by atomic mass is 35.5. The molecule has 3 atom stereocenters. The summed E-state index contributed by atoms with van der Waals surface area (Å²) in [6, 6.07) is 0. The molecule has 0 spiro atoms. The molecule has 0 radical (unpaired) electrons. The highest BCUT2D eigenvalue weighted by Gasteiger charge is 2.22. The van der Waals surface area contributed by atoms with Crippen LogP contribution in [0.15, 0.2) is 0 Å². The minimum Gasteiger partial charge on any atom is -0.120 e. The molecule has 0 amide bonds. The highest BCUT2D eigenvalue weighted by molar-refractivity contribution is 6.23. The molecule has 0 aliphatic heterocycles. The largest absolute Gasteiger partial charge is 0.120 e. The van der Waals surface area contributed by atoms with Gasteiger partial charge in [0.25, 0.3) is 0 Å². The summed E-state index contributed by atoms with van der Waals surface area (Å²) in [7, 11) is 0. The molecule has 15 heavy (non-hydrogen) atoms. The topological polar surface area (TPSA) is 0 Å². The summed E-state index contributed by atoms with van der Waals surface area (Å²) in [5.41, 5.74) is 0. The van der Waals surface area contributed by atoms with E-state index in [0.29, 0.717) is 0 Å². The van der Waals surface area contributed by atoms with Crippen molar-refractivity contribution < 1.29 is 0 Å². The number of alkyl halides is 1. The number of hydrogen-bond acceptors (Lipinski definition) is 0. The summed E-state index contributed by atoms with van der Waals surface area (Å²) < 4.78 is 0. The van der Waals surface area contributed by atoms with E-state index in [2.05, 4.69) is 41.5 Å². The van der Waals surface area contributed by atoms with Gasteiger partial charge in [0.2, 0.25) is 0 Å². The molecule has 0 heterocycles. The third-order valence-electron chi connectivity index (χ3n) is 3.19. The minimum atomic E-state index is 0.0109. The summed E-state index contributed by atoms with van der Waals surface area (Å²) in [6.07, 6.45) is 4.88. The lowest BCUT2D eigenvalue weighted by molar-refractivity contribution is 0.320. The maximum atomic E-state index is 6.40. The lowest BCUT2D eigenvalue weighted by Crippen LogP contribution is -2.20. The molecule has 0 aromatic heterocycles. The van der Waals surface area contributed by atoms with Gasteiger partial charge in [0.1, 0.15) is 0 Å². The Bertz CT molecular complexity index is 161. The van der Waals surface area contributed by atoms with Gasteiger partial charge in [-0.15, -0.1) is 11.6 Å². The van der Waals surface area contributed by atoms with Crippen molar-refractivity contribution in [1.82, 2.24) is 0 Å². The maximum absolute atomic E-state index is 6.40. The van der Waals surface area contributed by atoms with Crippen LogP contribution in [0, 0.1) is 17.8 Å². The van der Waals surface area contributed by atoms with Gasteiger partial charge < -0.3 is 0 Å². The van der Waals surface area contributed by atoms with Crippen molar-refractivity contribution in [2.45, 2.75) is 72.1 Å². The number of hydrogen-bond donors (Lipinski definition) is 0. The molecule has 0 aliphatic rings. The number of rotatable bonds is 7. The molecule has 0 nitrogen and oxygen atoms in total. The van der Waals surface area contributed by atoms with Gasteiger partial charge in [0.15, 0.2) is 0 Å². The second-order valence-electron chi connectivity index (χ2n) is 6.05. The predicted molar refractivity (Wildman–Crippen MR) is 71.6 cm³/mol. The molecule has 3 unspecified atom stereocenters. The van der Waals surface area contributed by atoms with Crippen LogP contribution >= 0.6 is 11.6 Å². The highest BCUT2D eigenvalue weighted by Crippen LogP contribution is 2.31. The van der Waals surface area contributed by atoms with Crippen molar-refractivity contribution in [3.63, 3.8) is 0 Å². The Kier molecular flexibility index (Phi) is 6.91. The molecule has 92 valence electrons. The van der Waals surface area contributed by atoms with E-state index >= 15 is 0 Å². The van der Waals surface area contributed by atoms with Gasteiger partial charge in [-0.2, -0.15) is 0 Å². The molecule has 0 aliphatic carbocycles. The van der Waals surface area contributed by atoms with E-state index in [1.54, 1.807) is 0 Å². The van der Waals surface area contributed by atoms with Gasteiger partial charge in [-0.25, -0.2) is 0 Å². The Morgan fingerprint density at radius 3 is 1.93 bits per heavy atom. The van der Waals surface area contributed by atoms with Crippen molar-refractivity contribution in [3.8, 4) is 0 Å². The van der Waals surface area contributed by atoms with Crippen LogP contribution in [0.4, 0.5) is 0 Å². The Morgan fingerprint density at radius 2 is 1.53 bits per heavy atom. The molecule has 0 saturated heterocycles. The van der Waals surface area contributed by atoms with E-state index in [9.17, 15) is 0 Å². The predicted octanol–water partition coefficient (Wildman–Crippen LogP) is 5.49. The first-order chi connectivity index (χ1) is 6.76. The first-order valence-corrected chi connectivity index (χ1v) is 6.83. The molecule has 1 heteroatoms. The van der Waals surface area contributed by atoms with Crippen molar-refractivity contribution >= 4 is 11.6 Å². The van der Waals surface area contributed by atoms with Crippen molar-refractivity contribution in [2.75, 3.05) is 0 Å². The summed E-state index contributed by atoms with van der Waals surface area (Å²) in [5.74, 6) is 2.41. The average molecular weight is 233 g/mol. The van der Waals surface area contributed by atoms with Crippen LogP contribution in [-0.4, -0.2) is 4.87 Å².